The highest BCUT2D eigenvalue weighted by atomic mass is 15.0. The fourth-order valence-corrected chi connectivity index (χ4v) is 2.02. The van der Waals surface area contributed by atoms with Crippen molar-refractivity contribution in [1.29, 1.82) is 0 Å². The van der Waals surface area contributed by atoms with Gasteiger partial charge in [0.1, 0.15) is 0 Å². The second-order valence-electron chi connectivity index (χ2n) is 4.56. The van der Waals surface area contributed by atoms with Crippen LogP contribution in [0.25, 0.3) is 10.9 Å². The smallest absolute Gasteiger partial charge is 0.0724 e. The van der Waals surface area contributed by atoms with Crippen molar-refractivity contribution in [3.8, 4) is 0 Å². The monoisotopic (exact) mass is 213 g/mol. The van der Waals surface area contributed by atoms with Gasteiger partial charge >= 0.3 is 0 Å². The number of nitrogens with zero attached hydrogens (tertiary/aromatic N) is 1. The second kappa shape index (κ2) is 3.37. The summed E-state index contributed by atoms with van der Waals surface area (Å²) in [6.07, 6.45) is 3.03. The molecule has 3 heteroatoms. The van der Waals surface area contributed by atoms with Crippen LogP contribution in [0.2, 0.25) is 0 Å². The van der Waals surface area contributed by atoms with E-state index < -0.39 is 0 Å². The van der Waals surface area contributed by atoms with E-state index in [1.54, 1.807) is 6.20 Å². The second-order valence-corrected chi connectivity index (χ2v) is 4.56. The molecule has 3 nitrogen and oxygen atoms in total. The normalized spacial score (nSPS) is 23.3. The molecule has 0 saturated heterocycles. The third-order valence-corrected chi connectivity index (χ3v) is 3.28. The van der Waals surface area contributed by atoms with E-state index in [9.17, 15) is 0 Å². The number of pyridine rings is 1. The van der Waals surface area contributed by atoms with E-state index in [-0.39, 0.29) is 0 Å². The Hall–Kier alpha value is -1.77. The summed E-state index contributed by atoms with van der Waals surface area (Å²) in [5.41, 5.74) is 8.94. The molecular formula is C13H15N3. The summed E-state index contributed by atoms with van der Waals surface area (Å²) in [7, 11) is 0. The Kier molecular flexibility index (Phi) is 1.99. The molecule has 1 saturated carbocycles. The lowest BCUT2D eigenvalue weighted by atomic mass is 10.1. The molecule has 1 aliphatic rings. The largest absolute Gasteiger partial charge is 0.397 e. The quantitative estimate of drug-likeness (QED) is 0.754. The van der Waals surface area contributed by atoms with Gasteiger partial charge in [-0.1, -0.05) is 6.92 Å². The zero-order valence-corrected chi connectivity index (χ0v) is 9.27. The molecule has 1 aromatic carbocycles. The molecule has 0 bridgehead atoms. The molecule has 1 heterocycles. The molecular weight excluding hydrogens is 198 g/mol. The van der Waals surface area contributed by atoms with E-state index in [1.807, 2.05) is 24.3 Å². The lowest BCUT2D eigenvalue weighted by Gasteiger charge is -2.10. The van der Waals surface area contributed by atoms with Crippen LogP contribution >= 0.6 is 0 Å². The van der Waals surface area contributed by atoms with Gasteiger partial charge < -0.3 is 11.1 Å². The Morgan fingerprint density at radius 1 is 1.38 bits per heavy atom. The van der Waals surface area contributed by atoms with Gasteiger partial charge in [-0.25, -0.2) is 0 Å². The van der Waals surface area contributed by atoms with Crippen molar-refractivity contribution >= 4 is 22.3 Å². The highest BCUT2D eigenvalue weighted by Gasteiger charge is 2.32. The fraction of sp³-hybridized carbons (Fsp3) is 0.308. The number of hydrogen-bond acceptors (Lipinski definition) is 3. The number of nitrogen functional groups attached to an aromatic ring is 1. The standard InChI is InChI=1S/C13H15N3/c1-8-7-12(8)16-11-5-4-10-9(13(11)14)3-2-6-15-10/h2-6,8,12,16H,7,14H2,1H3. The molecule has 2 aromatic rings. The average molecular weight is 213 g/mol. The fourth-order valence-electron chi connectivity index (χ4n) is 2.02. The highest BCUT2D eigenvalue weighted by molar-refractivity contribution is 5.96. The van der Waals surface area contributed by atoms with Crippen LogP contribution in [0, 0.1) is 5.92 Å². The molecule has 2 atom stereocenters. The number of hydrogen-bond donors (Lipinski definition) is 2. The Morgan fingerprint density at radius 3 is 2.94 bits per heavy atom. The van der Waals surface area contributed by atoms with E-state index in [0.717, 1.165) is 28.2 Å². The number of anilines is 2. The molecule has 0 amide bonds. The summed E-state index contributed by atoms with van der Waals surface area (Å²) in [5, 5.41) is 4.50. The van der Waals surface area contributed by atoms with Crippen LogP contribution in [0.15, 0.2) is 30.5 Å². The molecule has 16 heavy (non-hydrogen) atoms. The van der Waals surface area contributed by atoms with Gasteiger partial charge in [-0.2, -0.15) is 0 Å². The zero-order valence-electron chi connectivity index (χ0n) is 9.27. The predicted octanol–water partition coefficient (Wildman–Crippen LogP) is 2.64. The lowest BCUT2D eigenvalue weighted by Crippen LogP contribution is -2.06. The Labute approximate surface area is 94.7 Å². The molecule has 0 spiro atoms. The molecule has 3 rings (SSSR count). The molecule has 1 aromatic heterocycles. The minimum absolute atomic E-state index is 0.594. The van der Waals surface area contributed by atoms with Crippen molar-refractivity contribution in [2.24, 2.45) is 5.92 Å². The molecule has 3 N–H and O–H groups in total. The lowest BCUT2D eigenvalue weighted by molar-refractivity contribution is 0.930. The topological polar surface area (TPSA) is 50.9 Å². The molecule has 1 aliphatic carbocycles. The summed E-state index contributed by atoms with van der Waals surface area (Å²) in [6, 6.07) is 8.56. The van der Waals surface area contributed by atoms with Crippen LogP contribution in [0.4, 0.5) is 11.4 Å². The van der Waals surface area contributed by atoms with Crippen LogP contribution in [-0.2, 0) is 0 Å². The number of nitrogens with one attached hydrogen (secondary N) is 1. The predicted molar refractivity (Wildman–Crippen MR) is 67.3 cm³/mol. The number of rotatable bonds is 2. The molecule has 0 radical (unpaired) electrons. The summed E-state index contributed by atoms with van der Waals surface area (Å²) in [5.74, 6) is 0.768. The van der Waals surface area contributed by atoms with Crippen molar-refractivity contribution in [1.82, 2.24) is 4.98 Å². The van der Waals surface area contributed by atoms with Crippen LogP contribution in [0.3, 0.4) is 0 Å². The van der Waals surface area contributed by atoms with Crippen LogP contribution in [-0.4, -0.2) is 11.0 Å². The number of benzene rings is 1. The van der Waals surface area contributed by atoms with E-state index >= 15 is 0 Å². The third-order valence-electron chi connectivity index (χ3n) is 3.28. The molecule has 82 valence electrons. The molecule has 1 fully saturated rings. The number of nitrogens with two attached hydrogens (primary N) is 1. The number of fused-ring (bicyclic) bond motifs is 1. The van der Waals surface area contributed by atoms with Gasteiger partial charge in [0.15, 0.2) is 0 Å². The SMILES string of the molecule is CC1CC1Nc1ccc2ncccc2c1N. The van der Waals surface area contributed by atoms with Gasteiger partial charge in [0.2, 0.25) is 0 Å². The average Bonchev–Trinajstić information content (AvgIpc) is 2.99. The minimum Gasteiger partial charge on any atom is -0.397 e. The Morgan fingerprint density at radius 2 is 2.19 bits per heavy atom. The van der Waals surface area contributed by atoms with Crippen molar-refractivity contribution in [3.63, 3.8) is 0 Å². The molecule has 2 unspecified atom stereocenters. The maximum atomic E-state index is 6.14. The molecule has 0 aliphatic heterocycles. The zero-order chi connectivity index (χ0) is 11.1. The summed E-state index contributed by atoms with van der Waals surface area (Å²) >= 11 is 0. The maximum absolute atomic E-state index is 6.14. The first-order valence-electron chi connectivity index (χ1n) is 5.65. The Bertz CT molecular complexity index is 536. The van der Waals surface area contributed by atoms with E-state index in [1.165, 1.54) is 6.42 Å². The van der Waals surface area contributed by atoms with Crippen molar-refractivity contribution < 1.29 is 0 Å². The van der Waals surface area contributed by atoms with Crippen molar-refractivity contribution in [2.75, 3.05) is 11.1 Å². The van der Waals surface area contributed by atoms with Crippen molar-refractivity contribution in [2.45, 2.75) is 19.4 Å². The summed E-state index contributed by atoms with van der Waals surface area (Å²) in [4.78, 5) is 4.29. The van der Waals surface area contributed by atoms with Crippen LogP contribution < -0.4 is 11.1 Å². The summed E-state index contributed by atoms with van der Waals surface area (Å²) < 4.78 is 0. The summed E-state index contributed by atoms with van der Waals surface area (Å²) in [6.45, 7) is 2.25. The maximum Gasteiger partial charge on any atom is 0.0724 e. The Balaban J connectivity index is 2.02. The van der Waals surface area contributed by atoms with E-state index in [2.05, 4.69) is 17.2 Å². The van der Waals surface area contributed by atoms with Gasteiger partial charge in [0.25, 0.3) is 0 Å². The number of aromatic nitrogens is 1. The minimum atomic E-state index is 0.594. The van der Waals surface area contributed by atoms with Crippen LogP contribution in [0.5, 0.6) is 0 Å². The van der Waals surface area contributed by atoms with Gasteiger partial charge in [0.05, 0.1) is 16.9 Å². The van der Waals surface area contributed by atoms with Gasteiger partial charge in [0, 0.05) is 17.6 Å². The van der Waals surface area contributed by atoms with Gasteiger partial charge in [-0.05, 0) is 36.6 Å². The first kappa shape index (κ1) is 9.46. The first-order valence-corrected chi connectivity index (χ1v) is 5.65. The van der Waals surface area contributed by atoms with Gasteiger partial charge in [-0.15, -0.1) is 0 Å². The van der Waals surface area contributed by atoms with E-state index in [4.69, 9.17) is 5.73 Å². The van der Waals surface area contributed by atoms with E-state index in [0.29, 0.717) is 6.04 Å². The third kappa shape index (κ3) is 1.48. The van der Waals surface area contributed by atoms with Gasteiger partial charge in [-0.3, -0.25) is 4.98 Å². The van der Waals surface area contributed by atoms with Crippen molar-refractivity contribution in [3.05, 3.63) is 30.5 Å². The first-order chi connectivity index (χ1) is 7.75. The van der Waals surface area contributed by atoms with Crippen LogP contribution in [0.1, 0.15) is 13.3 Å². The highest BCUT2D eigenvalue weighted by Crippen LogP contribution is 2.36.